The Labute approximate surface area is 216 Å². The Morgan fingerprint density at radius 3 is 2.22 bits per heavy atom. The maximum absolute atomic E-state index is 12.8. The number of hydrogen-bond acceptors (Lipinski definition) is 5. The van der Waals surface area contributed by atoms with Crippen molar-refractivity contribution in [3.8, 4) is 0 Å². The van der Waals surface area contributed by atoms with E-state index in [0.717, 1.165) is 5.57 Å². The third-order valence-electron chi connectivity index (χ3n) is 13.5. The van der Waals surface area contributed by atoms with Crippen LogP contribution in [0.4, 0.5) is 0 Å². The highest BCUT2D eigenvalue weighted by Gasteiger charge is 2.73. The van der Waals surface area contributed by atoms with Crippen LogP contribution >= 0.6 is 0 Å². The van der Waals surface area contributed by atoms with Crippen molar-refractivity contribution >= 4 is 5.97 Å². The standard InChI is InChI=1S/C30H48O6/c1-16-10-11-30(24(34)35)13-12-27(5)17(22(30)29(16,7)36)8-9-19-26(4)15-18(31)23(33)25(2,3)20(26)14-21(32)28(19,27)6/h8,16,18-23,31-33,36H,9-15H2,1-7H3,(H,34,35)/t16-,18-,19-,20+,21-,22-,23+,26-,27-,28+,29-,30+/m1/s1. The zero-order valence-electron chi connectivity index (χ0n) is 23.2. The second-order valence-electron chi connectivity index (χ2n) is 15.0. The number of allylic oxidation sites excluding steroid dienone is 1. The number of fused-ring (bicyclic) bond motifs is 7. The van der Waals surface area contributed by atoms with Gasteiger partial charge in [0.1, 0.15) is 0 Å². The summed E-state index contributed by atoms with van der Waals surface area (Å²) in [6.45, 7) is 14.5. The van der Waals surface area contributed by atoms with Crippen molar-refractivity contribution in [2.45, 2.75) is 117 Å². The molecule has 0 aromatic heterocycles. The van der Waals surface area contributed by atoms with Crippen LogP contribution in [0.2, 0.25) is 0 Å². The first-order chi connectivity index (χ1) is 16.4. The molecule has 0 aliphatic heterocycles. The van der Waals surface area contributed by atoms with E-state index in [4.69, 9.17) is 0 Å². The molecule has 6 heteroatoms. The second-order valence-corrected chi connectivity index (χ2v) is 15.0. The maximum atomic E-state index is 12.8. The van der Waals surface area contributed by atoms with Crippen molar-refractivity contribution in [3.05, 3.63) is 11.6 Å². The molecule has 5 N–H and O–H groups in total. The molecule has 12 atom stereocenters. The van der Waals surface area contributed by atoms with Crippen molar-refractivity contribution in [1.29, 1.82) is 0 Å². The Bertz CT molecular complexity index is 986. The second kappa shape index (κ2) is 7.58. The van der Waals surface area contributed by atoms with Gasteiger partial charge in [-0.2, -0.15) is 0 Å². The highest BCUT2D eigenvalue weighted by atomic mass is 16.4. The molecule has 4 saturated carbocycles. The molecule has 0 heterocycles. The first-order valence-electron chi connectivity index (χ1n) is 14.1. The summed E-state index contributed by atoms with van der Waals surface area (Å²) < 4.78 is 0. The molecule has 0 aromatic carbocycles. The zero-order chi connectivity index (χ0) is 26.9. The van der Waals surface area contributed by atoms with E-state index >= 15 is 0 Å². The molecule has 0 spiro atoms. The normalized spacial score (nSPS) is 58.0. The molecule has 0 amide bonds. The van der Waals surface area contributed by atoms with E-state index in [-0.39, 0.29) is 23.2 Å². The lowest BCUT2D eigenvalue weighted by Crippen LogP contribution is -2.71. The van der Waals surface area contributed by atoms with Crippen LogP contribution in [0.3, 0.4) is 0 Å². The largest absolute Gasteiger partial charge is 0.481 e. The lowest BCUT2D eigenvalue weighted by Gasteiger charge is -2.73. The molecule has 0 unspecified atom stereocenters. The summed E-state index contributed by atoms with van der Waals surface area (Å²) in [4.78, 5) is 12.8. The van der Waals surface area contributed by atoms with Gasteiger partial charge in [-0.3, -0.25) is 4.79 Å². The highest BCUT2D eigenvalue weighted by Crippen LogP contribution is 2.76. The number of aliphatic hydroxyl groups is 4. The van der Waals surface area contributed by atoms with Gasteiger partial charge in [0.05, 0.1) is 29.3 Å². The van der Waals surface area contributed by atoms with E-state index in [2.05, 4.69) is 26.8 Å². The van der Waals surface area contributed by atoms with E-state index < -0.39 is 57.5 Å². The summed E-state index contributed by atoms with van der Waals surface area (Å²) in [6.07, 6.45) is 4.08. The fraction of sp³-hybridized carbons (Fsp3) is 0.900. The van der Waals surface area contributed by atoms with Crippen molar-refractivity contribution in [2.75, 3.05) is 0 Å². The number of carboxylic acids is 1. The Morgan fingerprint density at radius 2 is 1.61 bits per heavy atom. The van der Waals surface area contributed by atoms with Gasteiger partial charge in [0.2, 0.25) is 0 Å². The maximum Gasteiger partial charge on any atom is 0.310 e. The Kier molecular flexibility index (Phi) is 5.61. The molecule has 5 aliphatic carbocycles. The molecular weight excluding hydrogens is 456 g/mol. The number of aliphatic carboxylic acids is 1. The minimum absolute atomic E-state index is 0.0160. The van der Waals surface area contributed by atoms with Crippen LogP contribution in [-0.2, 0) is 4.79 Å². The molecule has 6 nitrogen and oxygen atoms in total. The van der Waals surface area contributed by atoms with Crippen LogP contribution in [-0.4, -0.2) is 55.4 Å². The quantitative estimate of drug-likeness (QED) is 0.343. The molecule has 0 aromatic rings. The van der Waals surface area contributed by atoms with Gasteiger partial charge in [0, 0.05) is 11.3 Å². The summed E-state index contributed by atoms with van der Waals surface area (Å²) in [7, 11) is 0. The molecule has 0 bridgehead atoms. The number of rotatable bonds is 1. The highest BCUT2D eigenvalue weighted by molar-refractivity contribution is 5.77. The van der Waals surface area contributed by atoms with Crippen LogP contribution in [0.1, 0.15) is 93.4 Å². The SMILES string of the molecule is C[C@@H]1CC[C@]2(C(=O)O)CC[C@]3(C)C(=CC[C@@H]4[C@@]5(C)C[C@@H](O)[C@H](O)C(C)(C)[C@@H]5C[C@@H](O)[C@]43C)[C@@H]2[C@]1(C)O. The topological polar surface area (TPSA) is 118 Å². The summed E-state index contributed by atoms with van der Waals surface area (Å²) in [5.41, 5.74) is -2.93. The summed E-state index contributed by atoms with van der Waals surface area (Å²) in [5, 5.41) is 56.3. The predicted molar refractivity (Wildman–Crippen MR) is 137 cm³/mol. The van der Waals surface area contributed by atoms with Crippen LogP contribution in [0.25, 0.3) is 0 Å². The summed E-state index contributed by atoms with van der Waals surface area (Å²) >= 11 is 0. The van der Waals surface area contributed by atoms with Crippen molar-refractivity contribution in [3.63, 3.8) is 0 Å². The van der Waals surface area contributed by atoms with Crippen molar-refractivity contribution < 1.29 is 30.3 Å². The number of carboxylic acid groups (broad SMARTS) is 1. The lowest BCUT2D eigenvalue weighted by atomic mass is 9.32. The van der Waals surface area contributed by atoms with E-state index in [0.29, 0.717) is 44.9 Å². The number of carbonyl (C=O) groups is 1. The molecule has 5 rings (SSSR count). The van der Waals surface area contributed by atoms with Gasteiger partial charge in [-0.1, -0.05) is 53.2 Å². The molecule has 0 saturated heterocycles. The van der Waals surface area contributed by atoms with E-state index in [1.54, 1.807) is 0 Å². The third kappa shape index (κ3) is 2.85. The monoisotopic (exact) mass is 504 g/mol. The first-order valence-corrected chi connectivity index (χ1v) is 14.1. The van der Waals surface area contributed by atoms with Gasteiger partial charge in [0.25, 0.3) is 0 Å². The Morgan fingerprint density at radius 1 is 0.972 bits per heavy atom. The number of aliphatic hydroxyl groups excluding tert-OH is 3. The minimum Gasteiger partial charge on any atom is -0.481 e. The predicted octanol–water partition coefficient (Wildman–Crippen LogP) is 4.15. The number of hydrogen-bond donors (Lipinski definition) is 5. The molecule has 36 heavy (non-hydrogen) atoms. The van der Waals surface area contributed by atoms with Crippen LogP contribution in [0.5, 0.6) is 0 Å². The van der Waals surface area contributed by atoms with Gasteiger partial charge in [0.15, 0.2) is 0 Å². The van der Waals surface area contributed by atoms with E-state index in [1.807, 2.05) is 27.7 Å². The third-order valence-corrected chi connectivity index (χ3v) is 13.5. The van der Waals surface area contributed by atoms with Crippen LogP contribution in [0, 0.1) is 50.7 Å². The summed E-state index contributed by atoms with van der Waals surface area (Å²) in [6, 6.07) is 0. The average Bonchev–Trinajstić information content (AvgIpc) is 2.77. The van der Waals surface area contributed by atoms with E-state index in [1.165, 1.54) is 0 Å². The first kappa shape index (κ1) is 26.6. The minimum atomic E-state index is -1.15. The van der Waals surface area contributed by atoms with Gasteiger partial charge >= 0.3 is 5.97 Å². The van der Waals surface area contributed by atoms with Gasteiger partial charge in [-0.05, 0) is 85.9 Å². The zero-order valence-corrected chi connectivity index (χ0v) is 23.2. The van der Waals surface area contributed by atoms with E-state index in [9.17, 15) is 30.3 Å². The van der Waals surface area contributed by atoms with Gasteiger partial charge in [-0.25, -0.2) is 0 Å². The molecule has 204 valence electrons. The molecule has 4 fully saturated rings. The molecule has 0 radical (unpaired) electrons. The fourth-order valence-electron chi connectivity index (χ4n) is 10.9. The smallest absolute Gasteiger partial charge is 0.310 e. The Balaban J connectivity index is 1.68. The van der Waals surface area contributed by atoms with Crippen LogP contribution in [0.15, 0.2) is 11.6 Å². The van der Waals surface area contributed by atoms with Gasteiger partial charge in [-0.15, -0.1) is 0 Å². The van der Waals surface area contributed by atoms with Crippen LogP contribution < -0.4 is 0 Å². The van der Waals surface area contributed by atoms with Gasteiger partial charge < -0.3 is 25.5 Å². The Hall–Kier alpha value is -0.950. The van der Waals surface area contributed by atoms with Crippen molar-refractivity contribution in [1.82, 2.24) is 0 Å². The van der Waals surface area contributed by atoms with Crippen molar-refractivity contribution in [2.24, 2.45) is 50.7 Å². The molecule has 5 aliphatic rings. The lowest BCUT2D eigenvalue weighted by molar-refractivity contribution is -0.266. The fourth-order valence-corrected chi connectivity index (χ4v) is 10.9. The average molecular weight is 505 g/mol. The summed E-state index contributed by atoms with van der Waals surface area (Å²) in [5.74, 6) is -1.20. The molecular formula is C30H48O6.